The highest BCUT2D eigenvalue weighted by molar-refractivity contribution is 9.10. The van der Waals surface area contributed by atoms with E-state index < -0.39 is 0 Å². The molecule has 2 rings (SSSR count). The third kappa shape index (κ3) is 3.53. The zero-order valence-corrected chi connectivity index (χ0v) is 13.8. The van der Waals surface area contributed by atoms with Gasteiger partial charge in [0.2, 0.25) is 0 Å². The molecule has 4 nitrogen and oxygen atoms in total. The Morgan fingerprint density at radius 3 is 2.70 bits per heavy atom. The molecule has 0 saturated heterocycles. The lowest BCUT2D eigenvalue weighted by atomic mass is 10.2. The second-order valence-corrected chi connectivity index (χ2v) is 5.59. The Bertz CT molecular complexity index is 556. The Labute approximate surface area is 132 Å². The standard InChI is InChI=1S/C14H17BrClN3O/c1-3-19-14(12(15)8-18-19)13(17-2)9-20-11-6-4-10(16)5-7-11/h4-8,13,17H,3,9H2,1-2H3. The molecule has 0 bridgehead atoms. The summed E-state index contributed by atoms with van der Waals surface area (Å²) in [4.78, 5) is 0. The van der Waals surface area contributed by atoms with E-state index in [1.165, 1.54) is 0 Å². The van der Waals surface area contributed by atoms with Crippen LogP contribution >= 0.6 is 27.5 Å². The minimum atomic E-state index is 0.0579. The fourth-order valence-electron chi connectivity index (χ4n) is 1.98. The van der Waals surface area contributed by atoms with Crippen LogP contribution in [-0.2, 0) is 6.54 Å². The third-order valence-electron chi connectivity index (χ3n) is 3.04. The Balaban J connectivity index is 2.09. The van der Waals surface area contributed by atoms with Crippen LogP contribution in [0.4, 0.5) is 0 Å². The van der Waals surface area contributed by atoms with Gasteiger partial charge in [0.15, 0.2) is 0 Å². The van der Waals surface area contributed by atoms with Crippen molar-refractivity contribution in [1.82, 2.24) is 15.1 Å². The van der Waals surface area contributed by atoms with Crippen LogP contribution in [0.1, 0.15) is 18.7 Å². The number of hydrogen-bond donors (Lipinski definition) is 1. The van der Waals surface area contributed by atoms with Gasteiger partial charge >= 0.3 is 0 Å². The molecule has 0 spiro atoms. The molecule has 20 heavy (non-hydrogen) atoms. The van der Waals surface area contributed by atoms with Gasteiger partial charge in [-0.25, -0.2) is 0 Å². The summed E-state index contributed by atoms with van der Waals surface area (Å²) >= 11 is 9.40. The largest absolute Gasteiger partial charge is 0.492 e. The molecule has 2 aromatic rings. The molecular formula is C14H17BrClN3O. The van der Waals surface area contributed by atoms with Crippen LogP contribution in [-0.4, -0.2) is 23.4 Å². The smallest absolute Gasteiger partial charge is 0.119 e. The van der Waals surface area contributed by atoms with Gasteiger partial charge < -0.3 is 10.1 Å². The van der Waals surface area contributed by atoms with Gasteiger partial charge in [-0.3, -0.25) is 4.68 Å². The van der Waals surface area contributed by atoms with Gasteiger partial charge in [-0.1, -0.05) is 11.6 Å². The molecule has 1 N–H and O–H groups in total. The topological polar surface area (TPSA) is 39.1 Å². The molecule has 6 heteroatoms. The molecule has 1 heterocycles. The van der Waals surface area contributed by atoms with Crippen molar-refractivity contribution in [3.05, 3.63) is 45.7 Å². The normalized spacial score (nSPS) is 12.4. The Morgan fingerprint density at radius 1 is 1.40 bits per heavy atom. The number of nitrogens with one attached hydrogen (secondary N) is 1. The highest BCUT2D eigenvalue weighted by Crippen LogP contribution is 2.24. The van der Waals surface area contributed by atoms with E-state index in [0.717, 1.165) is 22.5 Å². The lowest BCUT2D eigenvalue weighted by Crippen LogP contribution is -2.26. The maximum atomic E-state index is 5.86. The number of hydrogen-bond acceptors (Lipinski definition) is 3. The summed E-state index contributed by atoms with van der Waals surface area (Å²) in [6.45, 7) is 3.40. The van der Waals surface area contributed by atoms with E-state index in [4.69, 9.17) is 16.3 Å². The molecule has 0 aliphatic carbocycles. The predicted molar refractivity (Wildman–Crippen MR) is 84.3 cm³/mol. The number of nitrogens with zero attached hydrogens (tertiary/aromatic N) is 2. The molecule has 1 unspecified atom stereocenters. The van der Waals surface area contributed by atoms with Crippen LogP contribution in [0, 0.1) is 0 Å². The van der Waals surface area contributed by atoms with E-state index in [0.29, 0.717) is 11.6 Å². The SMILES string of the molecule is CCn1ncc(Br)c1C(COc1ccc(Cl)cc1)NC. The molecule has 0 saturated carbocycles. The second-order valence-electron chi connectivity index (χ2n) is 4.30. The monoisotopic (exact) mass is 357 g/mol. The number of aryl methyl sites for hydroxylation is 1. The maximum absolute atomic E-state index is 5.86. The van der Waals surface area contributed by atoms with Crippen molar-refractivity contribution in [3.63, 3.8) is 0 Å². The molecule has 0 aliphatic rings. The average molecular weight is 359 g/mol. The van der Waals surface area contributed by atoms with E-state index in [1.54, 1.807) is 0 Å². The maximum Gasteiger partial charge on any atom is 0.119 e. The van der Waals surface area contributed by atoms with Crippen LogP contribution in [0.2, 0.25) is 5.02 Å². The first-order chi connectivity index (χ1) is 9.65. The summed E-state index contributed by atoms with van der Waals surface area (Å²) in [6, 6.07) is 7.42. The summed E-state index contributed by atoms with van der Waals surface area (Å²) in [5, 5.41) is 8.29. The number of halogens is 2. The van der Waals surface area contributed by atoms with Gasteiger partial charge in [-0.15, -0.1) is 0 Å². The van der Waals surface area contributed by atoms with E-state index in [1.807, 2.05) is 42.2 Å². The number of rotatable bonds is 6. The van der Waals surface area contributed by atoms with Crippen molar-refractivity contribution >= 4 is 27.5 Å². The van der Waals surface area contributed by atoms with E-state index in [2.05, 4.69) is 33.3 Å². The van der Waals surface area contributed by atoms with Gasteiger partial charge in [0.05, 0.1) is 22.4 Å². The zero-order chi connectivity index (χ0) is 14.5. The van der Waals surface area contributed by atoms with Crippen molar-refractivity contribution < 1.29 is 4.74 Å². The van der Waals surface area contributed by atoms with Crippen LogP contribution in [0.3, 0.4) is 0 Å². The van der Waals surface area contributed by atoms with Crippen LogP contribution in [0.5, 0.6) is 5.75 Å². The van der Waals surface area contributed by atoms with E-state index >= 15 is 0 Å². The van der Waals surface area contributed by atoms with Crippen molar-refractivity contribution in [2.45, 2.75) is 19.5 Å². The number of benzene rings is 1. The van der Waals surface area contributed by atoms with Crippen LogP contribution < -0.4 is 10.1 Å². The first-order valence-electron chi connectivity index (χ1n) is 6.42. The van der Waals surface area contributed by atoms with Crippen molar-refractivity contribution in [2.24, 2.45) is 0 Å². The Kier molecular flexibility index (Phi) is 5.46. The van der Waals surface area contributed by atoms with Gasteiger partial charge in [0, 0.05) is 11.6 Å². The number of likely N-dealkylation sites (N-methyl/N-ethyl adjacent to an activating group) is 1. The van der Waals surface area contributed by atoms with Gasteiger partial charge in [0.25, 0.3) is 0 Å². The lowest BCUT2D eigenvalue weighted by molar-refractivity contribution is 0.265. The number of aromatic nitrogens is 2. The van der Waals surface area contributed by atoms with Gasteiger partial charge in [-0.05, 0) is 54.2 Å². The third-order valence-corrected chi connectivity index (χ3v) is 3.90. The van der Waals surface area contributed by atoms with Gasteiger partial charge in [0.1, 0.15) is 12.4 Å². The molecule has 0 aliphatic heterocycles. The van der Waals surface area contributed by atoms with E-state index in [9.17, 15) is 0 Å². The van der Waals surface area contributed by atoms with Gasteiger partial charge in [-0.2, -0.15) is 5.10 Å². The molecule has 0 fully saturated rings. The van der Waals surface area contributed by atoms with Crippen molar-refractivity contribution in [1.29, 1.82) is 0 Å². The van der Waals surface area contributed by atoms with Crippen molar-refractivity contribution in [2.75, 3.05) is 13.7 Å². The minimum Gasteiger partial charge on any atom is -0.492 e. The summed E-state index contributed by atoms with van der Waals surface area (Å²) in [5.74, 6) is 0.799. The minimum absolute atomic E-state index is 0.0579. The molecule has 1 aromatic carbocycles. The highest BCUT2D eigenvalue weighted by atomic mass is 79.9. The average Bonchev–Trinajstić information content (AvgIpc) is 2.83. The van der Waals surface area contributed by atoms with E-state index in [-0.39, 0.29) is 6.04 Å². The summed E-state index contributed by atoms with van der Waals surface area (Å²) in [7, 11) is 1.91. The number of ether oxygens (including phenoxy) is 1. The molecule has 0 radical (unpaired) electrons. The molecule has 1 atom stereocenters. The first-order valence-corrected chi connectivity index (χ1v) is 7.59. The fourth-order valence-corrected chi connectivity index (χ4v) is 2.68. The summed E-state index contributed by atoms with van der Waals surface area (Å²) < 4.78 is 8.75. The predicted octanol–water partition coefficient (Wildman–Crippen LogP) is 3.66. The first kappa shape index (κ1) is 15.4. The molecule has 0 amide bonds. The Morgan fingerprint density at radius 2 is 2.10 bits per heavy atom. The second kappa shape index (κ2) is 7.11. The van der Waals surface area contributed by atoms with Crippen LogP contribution in [0.15, 0.2) is 34.9 Å². The molecule has 1 aromatic heterocycles. The Hall–Kier alpha value is -1.04. The molecule has 108 valence electrons. The zero-order valence-electron chi connectivity index (χ0n) is 11.4. The highest BCUT2D eigenvalue weighted by Gasteiger charge is 2.18. The van der Waals surface area contributed by atoms with Crippen molar-refractivity contribution in [3.8, 4) is 5.75 Å². The lowest BCUT2D eigenvalue weighted by Gasteiger charge is -2.19. The van der Waals surface area contributed by atoms with Crippen LogP contribution in [0.25, 0.3) is 0 Å². The molecular weight excluding hydrogens is 342 g/mol. The fraction of sp³-hybridized carbons (Fsp3) is 0.357. The quantitative estimate of drug-likeness (QED) is 0.856. The summed E-state index contributed by atoms with van der Waals surface area (Å²) in [6.07, 6.45) is 1.81. The summed E-state index contributed by atoms with van der Waals surface area (Å²) in [5.41, 5.74) is 1.09.